The number of nitrogens with zero attached hydrogens (tertiary/aromatic N) is 1. The lowest BCUT2D eigenvalue weighted by molar-refractivity contribution is -0.141. The number of nitrogens with one attached hydrogen (secondary N) is 1. The standard InChI is InChI=1S/C9H8ClF3N2O/c1-3-6-7(5(2)10)15(8(16)14-6)4-9(11,12)13/h3H,1-2,4H2,(H,14,16). The molecule has 7 heteroatoms. The van der Waals surface area contributed by atoms with E-state index in [4.69, 9.17) is 11.6 Å². The van der Waals surface area contributed by atoms with Gasteiger partial charge >= 0.3 is 11.9 Å². The molecule has 0 aliphatic heterocycles. The van der Waals surface area contributed by atoms with Gasteiger partial charge in [0.1, 0.15) is 6.54 Å². The number of alkyl halides is 3. The van der Waals surface area contributed by atoms with E-state index < -0.39 is 18.4 Å². The Kier molecular flexibility index (Phi) is 3.32. The van der Waals surface area contributed by atoms with Crippen molar-refractivity contribution in [1.29, 1.82) is 0 Å². The Morgan fingerprint density at radius 2 is 2.12 bits per heavy atom. The first kappa shape index (κ1) is 12.6. The van der Waals surface area contributed by atoms with Gasteiger partial charge in [0.15, 0.2) is 0 Å². The normalized spacial score (nSPS) is 11.5. The second-order valence-electron chi connectivity index (χ2n) is 3.00. The highest BCUT2D eigenvalue weighted by Gasteiger charge is 2.31. The number of aromatic nitrogens is 2. The van der Waals surface area contributed by atoms with E-state index in [2.05, 4.69) is 18.1 Å². The Labute approximate surface area is 93.8 Å². The van der Waals surface area contributed by atoms with Crippen molar-refractivity contribution in [2.45, 2.75) is 12.7 Å². The van der Waals surface area contributed by atoms with Gasteiger partial charge in [0, 0.05) is 0 Å². The molecule has 0 aromatic carbocycles. The fourth-order valence-electron chi connectivity index (χ4n) is 1.26. The van der Waals surface area contributed by atoms with Gasteiger partial charge in [0.25, 0.3) is 0 Å². The molecule has 0 bridgehead atoms. The summed E-state index contributed by atoms with van der Waals surface area (Å²) in [6.45, 7) is 5.25. The minimum Gasteiger partial charge on any atom is -0.306 e. The van der Waals surface area contributed by atoms with E-state index in [0.717, 1.165) is 0 Å². The molecule has 0 aliphatic rings. The van der Waals surface area contributed by atoms with Gasteiger partial charge in [-0.25, -0.2) is 4.79 Å². The number of imidazole rings is 1. The first-order chi connectivity index (χ1) is 7.26. The van der Waals surface area contributed by atoms with Crippen LogP contribution in [0.15, 0.2) is 18.0 Å². The van der Waals surface area contributed by atoms with Crippen LogP contribution >= 0.6 is 11.6 Å². The zero-order chi connectivity index (χ0) is 12.5. The second-order valence-corrected chi connectivity index (χ2v) is 3.46. The molecule has 0 amide bonds. The predicted molar refractivity (Wildman–Crippen MR) is 56.1 cm³/mol. The molecule has 0 spiro atoms. The molecular formula is C9H8ClF3N2O. The van der Waals surface area contributed by atoms with Crippen molar-refractivity contribution >= 4 is 22.7 Å². The molecule has 1 aromatic rings. The van der Waals surface area contributed by atoms with Crippen molar-refractivity contribution < 1.29 is 13.2 Å². The van der Waals surface area contributed by atoms with Gasteiger partial charge in [0.2, 0.25) is 0 Å². The number of halogens is 4. The summed E-state index contributed by atoms with van der Waals surface area (Å²) in [5, 5.41) is -0.155. The largest absolute Gasteiger partial charge is 0.406 e. The lowest BCUT2D eigenvalue weighted by Gasteiger charge is -2.09. The van der Waals surface area contributed by atoms with Crippen LogP contribution in [0.3, 0.4) is 0 Å². The molecule has 0 unspecified atom stereocenters. The first-order valence-electron chi connectivity index (χ1n) is 4.13. The summed E-state index contributed by atoms with van der Waals surface area (Å²) < 4.78 is 37.1. The maximum absolute atomic E-state index is 12.2. The minimum absolute atomic E-state index is 0.0982. The van der Waals surface area contributed by atoms with Gasteiger partial charge in [-0.1, -0.05) is 24.8 Å². The van der Waals surface area contributed by atoms with Gasteiger partial charge in [-0.3, -0.25) is 4.57 Å². The molecule has 1 N–H and O–H groups in total. The molecule has 1 rings (SSSR count). The van der Waals surface area contributed by atoms with Crippen LogP contribution in [-0.4, -0.2) is 15.7 Å². The molecular weight excluding hydrogens is 245 g/mol. The summed E-state index contributed by atoms with van der Waals surface area (Å²) in [7, 11) is 0. The van der Waals surface area contributed by atoms with Crippen LogP contribution in [0, 0.1) is 0 Å². The minimum atomic E-state index is -4.51. The van der Waals surface area contributed by atoms with Crippen molar-refractivity contribution in [2.75, 3.05) is 0 Å². The Hall–Kier alpha value is -1.43. The summed E-state index contributed by atoms with van der Waals surface area (Å²) in [5.74, 6) is 0. The monoisotopic (exact) mass is 252 g/mol. The zero-order valence-corrected chi connectivity index (χ0v) is 8.82. The van der Waals surface area contributed by atoms with E-state index in [1.807, 2.05) is 0 Å². The van der Waals surface area contributed by atoms with Crippen LogP contribution in [0.1, 0.15) is 11.4 Å². The van der Waals surface area contributed by atoms with Crippen molar-refractivity contribution in [3.63, 3.8) is 0 Å². The number of H-pyrrole nitrogens is 1. The molecule has 88 valence electrons. The molecule has 0 atom stereocenters. The van der Waals surface area contributed by atoms with E-state index >= 15 is 0 Å². The zero-order valence-electron chi connectivity index (χ0n) is 8.07. The van der Waals surface area contributed by atoms with Crippen molar-refractivity contribution in [2.24, 2.45) is 0 Å². The quantitative estimate of drug-likeness (QED) is 0.882. The molecule has 0 aliphatic carbocycles. The average Bonchev–Trinajstić information content (AvgIpc) is 2.40. The Bertz CT molecular complexity index is 484. The van der Waals surface area contributed by atoms with E-state index in [0.29, 0.717) is 4.57 Å². The highest BCUT2D eigenvalue weighted by molar-refractivity contribution is 6.48. The lowest BCUT2D eigenvalue weighted by atomic mass is 10.3. The Morgan fingerprint density at radius 3 is 2.50 bits per heavy atom. The molecule has 0 radical (unpaired) electrons. The number of aromatic amines is 1. The third-order valence-corrected chi connectivity index (χ3v) is 1.99. The number of hydrogen-bond acceptors (Lipinski definition) is 1. The fourth-order valence-corrected chi connectivity index (χ4v) is 1.46. The van der Waals surface area contributed by atoms with Crippen LogP contribution in [0.25, 0.3) is 11.1 Å². The summed E-state index contributed by atoms with van der Waals surface area (Å²) in [4.78, 5) is 13.5. The van der Waals surface area contributed by atoms with Gasteiger partial charge in [-0.15, -0.1) is 0 Å². The van der Waals surface area contributed by atoms with E-state index in [9.17, 15) is 18.0 Å². The fraction of sp³-hybridized carbons (Fsp3) is 0.222. The molecule has 1 heterocycles. The predicted octanol–water partition coefficient (Wildman–Crippen LogP) is 2.59. The molecule has 3 nitrogen and oxygen atoms in total. The lowest BCUT2D eigenvalue weighted by Crippen LogP contribution is -2.27. The maximum Gasteiger partial charge on any atom is 0.406 e. The van der Waals surface area contributed by atoms with E-state index in [-0.39, 0.29) is 16.4 Å². The Morgan fingerprint density at radius 1 is 1.56 bits per heavy atom. The SMILES string of the molecule is C=Cc1[nH]c(=O)n(CC(F)(F)F)c1C(=C)Cl. The third kappa shape index (κ3) is 2.57. The molecule has 0 fully saturated rings. The van der Waals surface area contributed by atoms with Gasteiger partial charge in [-0.05, 0) is 6.08 Å². The number of rotatable bonds is 3. The molecule has 0 saturated carbocycles. The van der Waals surface area contributed by atoms with E-state index in [1.165, 1.54) is 6.08 Å². The summed E-state index contributed by atoms with van der Waals surface area (Å²) in [6.07, 6.45) is -3.30. The summed E-state index contributed by atoms with van der Waals surface area (Å²) in [5.41, 5.74) is -0.878. The van der Waals surface area contributed by atoms with Crippen LogP contribution in [0.4, 0.5) is 13.2 Å². The molecule has 1 aromatic heterocycles. The molecule has 0 saturated heterocycles. The number of hydrogen-bond donors (Lipinski definition) is 1. The smallest absolute Gasteiger partial charge is 0.306 e. The van der Waals surface area contributed by atoms with Crippen LogP contribution in [-0.2, 0) is 6.54 Å². The first-order valence-corrected chi connectivity index (χ1v) is 4.51. The third-order valence-electron chi connectivity index (χ3n) is 1.81. The Balaban J connectivity index is 3.37. The van der Waals surface area contributed by atoms with Crippen molar-refractivity contribution in [3.05, 3.63) is 35.0 Å². The van der Waals surface area contributed by atoms with Crippen molar-refractivity contribution in [3.8, 4) is 0 Å². The highest BCUT2D eigenvalue weighted by Crippen LogP contribution is 2.23. The maximum atomic E-state index is 12.2. The van der Waals surface area contributed by atoms with Gasteiger partial charge in [0.05, 0.1) is 16.4 Å². The highest BCUT2D eigenvalue weighted by atomic mass is 35.5. The van der Waals surface area contributed by atoms with E-state index in [1.54, 1.807) is 0 Å². The van der Waals surface area contributed by atoms with Crippen LogP contribution < -0.4 is 5.69 Å². The second kappa shape index (κ2) is 4.21. The average molecular weight is 253 g/mol. The molecule has 16 heavy (non-hydrogen) atoms. The van der Waals surface area contributed by atoms with Gasteiger partial charge in [-0.2, -0.15) is 13.2 Å². The van der Waals surface area contributed by atoms with Crippen LogP contribution in [0.2, 0.25) is 0 Å². The summed E-state index contributed by atoms with van der Waals surface area (Å²) in [6, 6.07) is 0. The van der Waals surface area contributed by atoms with Gasteiger partial charge < -0.3 is 4.98 Å². The summed E-state index contributed by atoms with van der Waals surface area (Å²) >= 11 is 5.55. The van der Waals surface area contributed by atoms with Crippen LogP contribution in [0.5, 0.6) is 0 Å². The van der Waals surface area contributed by atoms with Crippen molar-refractivity contribution in [1.82, 2.24) is 9.55 Å². The topological polar surface area (TPSA) is 37.8 Å².